The van der Waals surface area contributed by atoms with Gasteiger partial charge in [-0.1, -0.05) is 19.8 Å². The summed E-state index contributed by atoms with van der Waals surface area (Å²) in [4.78, 5) is 12.3. The molecular formula is C16H25NOS. The normalized spacial score (nSPS) is 16.2. The summed E-state index contributed by atoms with van der Waals surface area (Å²) in [6.45, 7) is 6.41. The number of hydrogen-bond donors (Lipinski definition) is 0. The van der Waals surface area contributed by atoms with Crippen LogP contribution in [-0.4, -0.2) is 21.9 Å². The number of hydrogen-bond acceptors (Lipinski definition) is 2. The van der Waals surface area contributed by atoms with Gasteiger partial charge in [-0.2, -0.15) is 11.8 Å². The Morgan fingerprint density at radius 2 is 2.05 bits per heavy atom. The van der Waals surface area contributed by atoms with Crippen LogP contribution in [0, 0.1) is 13.8 Å². The van der Waals surface area contributed by atoms with Crippen molar-refractivity contribution in [3.8, 4) is 0 Å². The van der Waals surface area contributed by atoms with Crippen LogP contribution in [0.25, 0.3) is 0 Å². The lowest BCUT2D eigenvalue weighted by molar-refractivity contribution is 0.102. The summed E-state index contributed by atoms with van der Waals surface area (Å²) >= 11 is 1.75. The number of rotatable bonds is 6. The first-order valence-electron chi connectivity index (χ1n) is 7.44. The molecule has 0 aliphatic heterocycles. The molecule has 2 rings (SSSR count). The Morgan fingerprint density at radius 1 is 1.37 bits per heavy atom. The summed E-state index contributed by atoms with van der Waals surface area (Å²) in [5.41, 5.74) is 3.40. The van der Waals surface area contributed by atoms with E-state index in [1.165, 1.54) is 37.1 Å². The Morgan fingerprint density at radius 3 is 2.68 bits per heavy atom. The minimum atomic E-state index is 0.302. The third kappa shape index (κ3) is 3.25. The summed E-state index contributed by atoms with van der Waals surface area (Å²) in [6.07, 6.45) is 6.34. The number of thioether (sulfide) groups is 1. The number of ketones is 1. The summed E-state index contributed by atoms with van der Waals surface area (Å²) in [5.74, 6) is 2.01. The van der Waals surface area contributed by atoms with Gasteiger partial charge in [0.15, 0.2) is 5.78 Å². The van der Waals surface area contributed by atoms with Gasteiger partial charge in [0.1, 0.15) is 0 Å². The molecule has 0 spiro atoms. The zero-order chi connectivity index (χ0) is 13.8. The number of nitrogens with zero attached hydrogens (tertiary/aromatic N) is 1. The van der Waals surface area contributed by atoms with Crippen LogP contribution >= 0.6 is 11.8 Å². The van der Waals surface area contributed by atoms with Crippen molar-refractivity contribution in [1.82, 2.24) is 4.57 Å². The van der Waals surface area contributed by atoms with Gasteiger partial charge in [-0.05, 0) is 44.9 Å². The first kappa shape index (κ1) is 14.7. The van der Waals surface area contributed by atoms with Crippen molar-refractivity contribution in [1.29, 1.82) is 0 Å². The fourth-order valence-corrected chi connectivity index (χ4v) is 3.94. The second-order valence-electron chi connectivity index (χ2n) is 5.57. The van der Waals surface area contributed by atoms with Gasteiger partial charge in [0.05, 0.1) is 5.75 Å². The number of carbonyl (C=O) groups is 1. The van der Waals surface area contributed by atoms with Crippen LogP contribution in [0.1, 0.15) is 66.8 Å². The summed E-state index contributed by atoms with van der Waals surface area (Å²) in [7, 11) is 0. The third-order valence-electron chi connectivity index (χ3n) is 4.06. The molecule has 1 aromatic rings. The highest BCUT2D eigenvalue weighted by Crippen LogP contribution is 2.33. The standard InChI is InChI=1S/C16H25NOS/c1-4-9-19-11-16(18)15-10-12(2)17(13(15)3)14-7-5-6-8-14/h10,14H,4-9,11H2,1-3H3. The first-order chi connectivity index (χ1) is 9.15. The van der Waals surface area contributed by atoms with Crippen LogP contribution < -0.4 is 0 Å². The van der Waals surface area contributed by atoms with Gasteiger partial charge in [0, 0.05) is 23.0 Å². The summed E-state index contributed by atoms with van der Waals surface area (Å²) < 4.78 is 2.41. The molecule has 106 valence electrons. The Hall–Kier alpha value is -0.700. The van der Waals surface area contributed by atoms with E-state index in [-0.39, 0.29) is 0 Å². The maximum absolute atomic E-state index is 12.3. The molecule has 0 aromatic carbocycles. The third-order valence-corrected chi connectivity index (χ3v) is 5.22. The van der Waals surface area contributed by atoms with E-state index in [2.05, 4.69) is 31.4 Å². The average Bonchev–Trinajstić information content (AvgIpc) is 2.98. The minimum absolute atomic E-state index is 0.302. The van der Waals surface area contributed by atoms with Crippen molar-refractivity contribution in [2.75, 3.05) is 11.5 Å². The van der Waals surface area contributed by atoms with Crippen LogP contribution in [0.3, 0.4) is 0 Å². The van der Waals surface area contributed by atoms with Crippen LogP contribution in [0.4, 0.5) is 0 Å². The quantitative estimate of drug-likeness (QED) is 0.563. The molecule has 0 radical (unpaired) electrons. The van der Waals surface area contributed by atoms with Gasteiger partial charge in [-0.3, -0.25) is 4.79 Å². The molecule has 0 saturated heterocycles. The van der Waals surface area contributed by atoms with Crippen molar-refractivity contribution in [3.05, 3.63) is 23.0 Å². The van der Waals surface area contributed by atoms with E-state index in [0.29, 0.717) is 17.6 Å². The molecule has 3 heteroatoms. The van der Waals surface area contributed by atoms with Crippen LogP contribution in [0.15, 0.2) is 6.07 Å². The topological polar surface area (TPSA) is 22.0 Å². The Kier molecular flexibility index (Phi) is 5.14. The lowest BCUT2D eigenvalue weighted by Gasteiger charge is -2.17. The van der Waals surface area contributed by atoms with E-state index in [1.54, 1.807) is 11.8 Å². The highest BCUT2D eigenvalue weighted by molar-refractivity contribution is 7.99. The second-order valence-corrected chi connectivity index (χ2v) is 6.67. The summed E-state index contributed by atoms with van der Waals surface area (Å²) in [6, 6.07) is 2.73. The van der Waals surface area contributed by atoms with Crippen molar-refractivity contribution in [2.24, 2.45) is 0 Å². The van der Waals surface area contributed by atoms with Crippen LogP contribution in [0.2, 0.25) is 0 Å². The van der Waals surface area contributed by atoms with Gasteiger partial charge in [-0.25, -0.2) is 0 Å². The highest BCUT2D eigenvalue weighted by atomic mass is 32.2. The zero-order valence-electron chi connectivity index (χ0n) is 12.4. The van der Waals surface area contributed by atoms with Crippen LogP contribution in [-0.2, 0) is 0 Å². The molecule has 0 amide bonds. The van der Waals surface area contributed by atoms with Crippen molar-refractivity contribution < 1.29 is 4.79 Å². The molecule has 1 saturated carbocycles. The second kappa shape index (κ2) is 6.65. The Balaban J connectivity index is 2.13. The predicted molar refractivity (Wildman–Crippen MR) is 83.4 cm³/mol. The molecule has 1 heterocycles. The zero-order valence-corrected chi connectivity index (χ0v) is 13.2. The predicted octanol–water partition coefficient (Wildman–Crippen LogP) is 4.55. The average molecular weight is 279 g/mol. The highest BCUT2D eigenvalue weighted by Gasteiger charge is 2.23. The Bertz CT molecular complexity index is 444. The molecule has 1 aliphatic carbocycles. The molecule has 1 fully saturated rings. The number of aromatic nitrogens is 1. The fraction of sp³-hybridized carbons (Fsp3) is 0.688. The Labute approximate surface area is 121 Å². The van der Waals surface area contributed by atoms with E-state index < -0.39 is 0 Å². The fourth-order valence-electron chi connectivity index (χ4n) is 3.17. The maximum atomic E-state index is 12.3. The number of aryl methyl sites for hydroxylation is 1. The van der Waals surface area contributed by atoms with Crippen molar-refractivity contribution in [3.63, 3.8) is 0 Å². The van der Waals surface area contributed by atoms with Gasteiger partial charge < -0.3 is 4.57 Å². The van der Waals surface area contributed by atoms with Gasteiger partial charge in [0.2, 0.25) is 0 Å². The van der Waals surface area contributed by atoms with Crippen molar-refractivity contribution in [2.45, 2.75) is 58.9 Å². The van der Waals surface area contributed by atoms with Crippen LogP contribution in [0.5, 0.6) is 0 Å². The maximum Gasteiger partial charge on any atom is 0.174 e. The molecular weight excluding hydrogens is 254 g/mol. The first-order valence-corrected chi connectivity index (χ1v) is 8.60. The van der Waals surface area contributed by atoms with E-state index >= 15 is 0 Å². The monoisotopic (exact) mass is 279 g/mol. The largest absolute Gasteiger partial charge is 0.345 e. The minimum Gasteiger partial charge on any atom is -0.345 e. The molecule has 0 N–H and O–H groups in total. The van der Waals surface area contributed by atoms with E-state index in [9.17, 15) is 4.79 Å². The molecule has 1 aromatic heterocycles. The lowest BCUT2D eigenvalue weighted by Crippen LogP contribution is -2.10. The SMILES string of the molecule is CCCSCC(=O)c1cc(C)n(C2CCCC2)c1C. The molecule has 0 atom stereocenters. The van der Waals surface area contributed by atoms with E-state index in [0.717, 1.165) is 17.7 Å². The van der Waals surface area contributed by atoms with Gasteiger partial charge in [-0.15, -0.1) is 0 Å². The molecule has 2 nitrogen and oxygen atoms in total. The molecule has 1 aliphatic rings. The number of carbonyl (C=O) groups excluding carboxylic acids is 1. The smallest absolute Gasteiger partial charge is 0.174 e. The van der Waals surface area contributed by atoms with Gasteiger partial charge in [0.25, 0.3) is 0 Å². The van der Waals surface area contributed by atoms with E-state index in [1.807, 2.05) is 0 Å². The van der Waals surface area contributed by atoms with Crippen molar-refractivity contribution >= 4 is 17.5 Å². The number of Topliss-reactive ketones (excluding diaryl/α,β-unsaturated/α-hetero) is 1. The molecule has 0 unspecified atom stereocenters. The lowest BCUT2D eigenvalue weighted by atomic mass is 10.2. The molecule has 19 heavy (non-hydrogen) atoms. The summed E-state index contributed by atoms with van der Waals surface area (Å²) in [5, 5.41) is 0. The molecule has 0 bridgehead atoms. The van der Waals surface area contributed by atoms with E-state index in [4.69, 9.17) is 0 Å². The van der Waals surface area contributed by atoms with Gasteiger partial charge >= 0.3 is 0 Å².